The quantitative estimate of drug-likeness (QED) is 0.807. The third-order valence-electron chi connectivity index (χ3n) is 2.57. The summed E-state index contributed by atoms with van der Waals surface area (Å²) in [4.78, 5) is 11.3. The lowest BCUT2D eigenvalue weighted by atomic mass is 9.91. The van der Waals surface area contributed by atoms with Crippen LogP contribution in [0.15, 0.2) is 24.3 Å². The number of benzene rings is 1. The molecule has 1 aromatic rings. The minimum absolute atomic E-state index is 0.163. The molecule has 0 aliphatic heterocycles. The predicted molar refractivity (Wildman–Crippen MR) is 59.7 cm³/mol. The molecular weight excluding hydrogens is 209 g/mol. The van der Waals surface area contributed by atoms with Crippen molar-refractivity contribution in [3.8, 4) is 0 Å². The molecule has 0 heterocycles. The van der Waals surface area contributed by atoms with Gasteiger partial charge < -0.3 is 5.11 Å². The molecule has 0 amide bonds. The van der Waals surface area contributed by atoms with Crippen LogP contribution in [0.3, 0.4) is 0 Å². The molecule has 0 saturated heterocycles. The number of carboxylic acids is 1. The second-order valence-electron chi connectivity index (χ2n) is 3.84. The molecule has 0 saturated carbocycles. The first-order valence-electron chi connectivity index (χ1n) is 5.25. The van der Waals surface area contributed by atoms with Crippen LogP contribution in [0.1, 0.15) is 25.8 Å². The second kappa shape index (κ2) is 5.07. The summed E-state index contributed by atoms with van der Waals surface area (Å²) in [6.45, 7) is 3.93. The third kappa shape index (κ3) is 2.39. The number of halogens is 1. The van der Waals surface area contributed by atoms with Gasteiger partial charge in [0.1, 0.15) is 11.4 Å². The lowest BCUT2D eigenvalue weighted by Gasteiger charge is -2.27. The third-order valence-corrected chi connectivity index (χ3v) is 2.57. The minimum atomic E-state index is -1.37. The summed E-state index contributed by atoms with van der Waals surface area (Å²) in [6.07, 6.45) is 0.789. The van der Waals surface area contributed by atoms with Gasteiger partial charge in [0, 0.05) is 5.56 Å². The molecule has 1 atom stereocenters. The lowest BCUT2D eigenvalue weighted by Crippen LogP contribution is -2.47. The molecule has 1 unspecified atom stereocenters. The van der Waals surface area contributed by atoms with Crippen LogP contribution in [0.4, 0.5) is 4.39 Å². The summed E-state index contributed by atoms with van der Waals surface area (Å²) in [7, 11) is 0. The fraction of sp³-hybridized carbons (Fsp3) is 0.417. The maximum absolute atomic E-state index is 13.6. The van der Waals surface area contributed by atoms with E-state index in [1.165, 1.54) is 19.1 Å². The number of carbonyl (C=O) groups is 1. The normalized spacial score (nSPS) is 14.4. The number of rotatable bonds is 5. The molecule has 88 valence electrons. The summed E-state index contributed by atoms with van der Waals surface area (Å²) < 4.78 is 13.6. The Balaban J connectivity index is 3.11. The SMILES string of the molecule is CCCNC(C)(C(=O)O)c1ccccc1F. The first-order valence-corrected chi connectivity index (χ1v) is 5.25. The van der Waals surface area contributed by atoms with Gasteiger partial charge in [-0.05, 0) is 26.0 Å². The monoisotopic (exact) mass is 225 g/mol. The molecule has 0 aromatic heterocycles. The fourth-order valence-corrected chi connectivity index (χ4v) is 1.53. The number of nitrogens with one attached hydrogen (secondary N) is 1. The van der Waals surface area contributed by atoms with Crippen molar-refractivity contribution in [3.05, 3.63) is 35.6 Å². The Bertz CT molecular complexity index is 381. The first kappa shape index (κ1) is 12.6. The molecule has 1 aromatic carbocycles. The van der Waals surface area contributed by atoms with Crippen molar-refractivity contribution >= 4 is 5.97 Å². The molecular formula is C12H16FNO2. The summed E-state index contributed by atoms with van der Waals surface area (Å²) in [5.41, 5.74) is -1.21. The Morgan fingerprint density at radius 2 is 2.12 bits per heavy atom. The van der Waals surface area contributed by atoms with Crippen LogP contribution in [0.25, 0.3) is 0 Å². The molecule has 3 nitrogen and oxygen atoms in total. The largest absolute Gasteiger partial charge is 0.480 e. The van der Waals surface area contributed by atoms with Crippen molar-refractivity contribution in [3.63, 3.8) is 0 Å². The number of carboxylic acid groups (broad SMARTS) is 1. The Labute approximate surface area is 94.3 Å². The highest BCUT2D eigenvalue weighted by molar-refractivity contribution is 5.80. The van der Waals surface area contributed by atoms with Gasteiger partial charge in [-0.25, -0.2) is 9.18 Å². The highest BCUT2D eigenvalue weighted by atomic mass is 19.1. The van der Waals surface area contributed by atoms with E-state index in [0.29, 0.717) is 6.54 Å². The fourth-order valence-electron chi connectivity index (χ4n) is 1.53. The van der Waals surface area contributed by atoms with Gasteiger partial charge in [-0.1, -0.05) is 25.1 Å². The van der Waals surface area contributed by atoms with E-state index in [9.17, 15) is 14.3 Å². The van der Waals surface area contributed by atoms with Crippen LogP contribution in [0.5, 0.6) is 0 Å². The average Bonchev–Trinajstić information content (AvgIpc) is 2.26. The zero-order valence-corrected chi connectivity index (χ0v) is 9.46. The number of hydrogen-bond donors (Lipinski definition) is 2. The molecule has 0 aliphatic carbocycles. The minimum Gasteiger partial charge on any atom is -0.480 e. The molecule has 0 spiro atoms. The van der Waals surface area contributed by atoms with E-state index in [1.54, 1.807) is 12.1 Å². The van der Waals surface area contributed by atoms with Crippen molar-refractivity contribution in [1.29, 1.82) is 0 Å². The average molecular weight is 225 g/mol. The Kier molecular flexibility index (Phi) is 4.01. The molecule has 4 heteroatoms. The Morgan fingerprint density at radius 1 is 1.50 bits per heavy atom. The molecule has 0 fully saturated rings. The van der Waals surface area contributed by atoms with Gasteiger partial charge in [-0.3, -0.25) is 5.32 Å². The van der Waals surface area contributed by atoms with Gasteiger partial charge in [0.05, 0.1) is 0 Å². The van der Waals surface area contributed by atoms with Crippen LogP contribution < -0.4 is 5.32 Å². The topological polar surface area (TPSA) is 49.3 Å². The Morgan fingerprint density at radius 3 is 2.62 bits per heavy atom. The van der Waals surface area contributed by atoms with Crippen molar-refractivity contribution in [1.82, 2.24) is 5.32 Å². The van der Waals surface area contributed by atoms with Crippen LogP contribution in [0.2, 0.25) is 0 Å². The predicted octanol–water partition coefficient (Wildman–Crippen LogP) is 2.13. The number of aliphatic carboxylic acids is 1. The van der Waals surface area contributed by atoms with Crippen molar-refractivity contribution < 1.29 is 14.3 Å². The van der Waals surface area contributed by atoms with Crippen LogP contribution in [-0.2, 0) is 10.3 Å². The standard InChI is InChI=1S/C12H16FNO2/c1-3-8-14-12(2,11(15)16)9-6-4-5-7-10(9)13/h4-7,14H,3,8H2,1-2H3,(H,15,16). The smallest absolute Gasteiger partial charge is 0.328 e. The van der Waals surface area contributed by atoms with E-state index in [-0.39, 0.29) is 5.56 Å². The highest BCUT2D eigenvalue weighted by Crippen LogP contribution is 2.23. The molecule has 0 radical (unpaired) electrons. The maximum atomic E-state index is 13.6. The van der Waals surface area contributed by atoms with E-state index in [4.69, 9.17) is 0 Å². The summed E-state index contributed by atoms with van der Waals surface area (Å²) in [5.74, 6) is -1.58. The van der Waals surface area contributed by atoms with Gasteiger partial charge >= 0.3 is 5.97 Å². The molecule has 16 heavy (non-hydrogen) atoms. The van der Waals surface area contributed by atoms with Gasteiger partial charge in [-0.15, -0.1) is 0 Å². The van der Waals surface area contributed by atoms with E-state index >= 15 is 0 Å². The van der Waals surface area contributed by atoms with Crippen LogP contribution in [-0.4, -0.2) is 17.6 Å². The summed E-state index contributed by atoms with van der Waals surface area (Å²) >= 11 is 0. The van der Waals surface area contributed by atoms with Crippen molar-refractivity contribution in [2.24, 2.45) is 0 Å². The van der Waals surface area contributed by atoms with Gasteiger partial charge in [0.25, 0.3) is 0 Å². The van der Waals surface area contributed by atoms with E-state index in [2.05, 4.69) is 5.32 Å². The lowest BCUT2D eigenvalue weighted by molar-refractivity contribution is -0.144. The van der Waals surface area contributed by atoms with Crippen molar-refractivity contribution in [2.75, 3.05) is 6.54 Å². The Hall–Kier alpha value is -1.42. The maximum Gasteiger partial charge on any atom is 0.328 e. The second-order valence-corrected chi connectivity index (χ2v) is 3.84. The van der Waals surface area contributed by atoms with Gasteiger partial charge in [0.2, 0.25) is 0 Å². The van der Waals surface area contributed by atoms with Crippen LogP contribution >= 0.6 is 0 Å². The number of hydrogen-bond acceptors (Lipinski definition) is 2. The first-order chi connectivity index (χ1) is 7.52. The van der Waals surface area contributed by atoms with E-state index in [0.717, 1.165) is 6.42 Å². The van der Waals surface area contributed by atoms with Crippen LogP contribution in [0, 0.1) is 5.82 Å². The van der Waals surface area contributed by atoms with Crippen molar-refractivity contribution in [2.45, 2.75) is 25.8 Å². The zero-order chi connectivity index (χ0) is 12.2. The van der Waals surface area contributed by atoms with E-state index in [1.807, 2.05) is 6.92 Å². The molecule has 2 N–H and O–H groups in total. The summed E-state index contributed by atoms with van der Waals surface area (Å²) in [6, 6.07) is 5.93. The highest BCUT2D eigenvalue weighted by Gasteiger charge is 2.36. The molecule has 1 rings (SSSR count). The molecule has 0 aliphatic rings. The molecule has 0 bridgehead atoms. The summed E-state index contributed by atoms with van der Waals surface area (Å²) in [5, 5.41) is 12.1. The van der Waals surface area contributed by atoms with Gasteiger partial charge in [-0.2, -0.15) is 0 Å². The van der Waals surface area contributed by atoms with E-state index < -0.39 is 17.3 Å². The van der Waals surface area contributed by atoms with Gasteiger partial charge in [0.15, 0.2) is 0 Å². The zero-order valence-electron chi connectivity index (χ0n) is 9.46.